The zero-order valence-electron chi connectivity index (χ0n) is 16.1. The molecule has 0 unspecified atom stereocenters. The topological polar surface area (TPSA) is 64.0 Å². The van der Waals surface area contributed by atoms with Crippen molar-refractivity contribution in [1.82, 2.24) is 0 Å². The Morgan fingerprint density at radius 2 is 1.53 bits per heavy atom. The van der Waals surface area contributed by atoms with E-state index in [2.05, 4.69) is 0 Å². The molecule has 0 radical (unpaired) electrons. The van der Waals surface area contributed by atoms with E-state index in [0.29, 0.717) is 27.7 Å². The first kappa shape index (κ1) is 22.8. The molecule has 1 heterocycles. The molecule has 10 heteroatoms. The van der Waals surface area contributed by atoms with Crippen molar-refractivity contribution in [2.24, 2.45) is 0 Å². The molecule has 3 rings (SSSR count). The standard InChI is InChI=1S/C22H13F6N3O/c23-21(24,25)13-31(18-6-5-16(10-30)20(8-18)22(26,27)28)11-19-7-17(12-32-19)15-3-1-14(9-29)2-4-15/h1-8,12H,11,13H2. The average molecular weight is 449 g/mol. The minimum Gasteiger partial charge on any atom is -0.467 e. The second-order valence-corrected chi connectivity index (χ2v) is 6.80. The number of hydrogen-bond acceptors (Lipinski definition) is 4. The minimum absolute atomic E-state index is 0.0894. The van der Waals surface area contributed by atoms with E-state index < -0.39 is 36.6 Å². The number of rotatable bonds is 5. The molecule has 0 bridgehead atoms. The maximum Gasteiger partial charge on any atom is 0.417 e. The fraction of sp³-hybridized carbons (Fsp3) is 0.182. The summed E-state index contributed by atoms with van der Waals surface area (Å²) in [6.07, 6.45) is -8.30. The Labute approximate surface area is 178 Å². The van der Waals surface area contributed by atoms with Gasteiger partial charge in [-0.3, -0.25) is 0 Å². The second-order valence-electron chi connectivity index (χ2n) is 6.80. The molecular weight excluding hydrogens is 436 g/mol. The van der Waals surface area contributed by atoms with Crippen LogP contribution in [0.2, 0.25) is 0 Å². The van der Waals surface area contributed by atoms with Gasteiger partial charge >= 0.3 is 12.4 Å². The second kappa shape index (κ2) is 8.67. The lowest BCUT2D eigenvalue weighted by atomic mass is 10.1. The Morgan fingerprint density at radius 3 is 2.09 bits per heavy atom. The molecule has 32 heavy (non-hydrogen) atoms. The Kier molecular flexibility index (Phi) is 6.17. The Balaban J connectivity index is 1.94. The third-order valence-corrected chi connectivity index (χ3v) is 4.51. The van der Waals surface area contributed by atoms with Crippen molar-refractivity contribution >= 4 is 5.69 Å². The van der Waals surface area contributed by atoms with Gasteiger partial charge in [0.2, 0.25) is 0 Å². The number of benzene rings is 2. The van der Waals surface area contributed by atoms with Gasteiger partial charge in [0.1, 0.15) is 12.3 Å². The Bertz CT molecular complexity index is 1180. The molecule has 0 N–H and O–H groups in total. The van der Waals surface area contributed by atoms with Gasteiger partial charge in [-0.15, -0.1) is 0 Å². The van der Waals surface area contributed by atoms with Gasteiger partial charge in [0.15, 0.2) is 0 Å². The van der Waals surface area contributed by atoms with Crippen molar-refractivity contribution in [1.29, 1.82) is 10.5 Å². The van der Waals surface area contributed by atoms with Crippen LogP contribution in [0.5, 0.6) is 0 Å². The van der Waals surface area contributed by atoms with Crippen LogP contribution >= 0.6 is 0 Å². The molecule has 164 valence electrons. The Morgan fingerprint density at radius 1 is 0.844 bits per heavy atom. The van der Waals surface area contributed by atoms with E-state index in [1.165, 1.54) is 18.4 Å². The van der Waals surface area contributed by atoms with Crippen LogP contribution in [0.3, 0.4) is 0 Å². The van der Waals surface area contributed by atoms with Gasteiger partial charge in [-0.25, -0.2) is 0 Å². The van der Waals surface area contributed by atoms with Crippen LogP contribution in [0.4, 0.5) is 32.0 Å². The van der Waals surface area contributed by atoms with Gasteiger partial charge in [0, 0.05) is 11.3 Å². The van der Waals surface area contributed by atoms with Gasteiger partial charge in [-0.05, 0) is 42.0 Å². The lowest BCUT2D eigenvalue weighted by Gasteiger charge is -2.26. The largest absolute Gasteiger partial charge is 0.467 e. The van der Waals surface area contributed by atoms with E-state index in [9.17, 15) is 26.3 Å². The predicted octanol–water partition coefficient (Wildman–Crippen LogP) is 6.28. The maximum absolute atomic E-state index is 13.3. The van der Waals surface area contributed by atoms with Gasteiger partial charge in [-0.1, -0.05) is 12.1 Å². The molecule has 0 amide bonds. The van der Waals surface area contributed by atoms with Crippen LogP contribution < -0.4 is 4.90 Å². The minimum atomic E-state index is -4.90. The van der Waals surface area contributed by atoms with Crippen molar-refractivity contribution in [3.63, 3.8) is 0 Å². The van der Waals surface area contributed by atoms with Crippen molar-refractivity contribution in [2.45, 2.75) is 18.9 Å². The third-order valence-electron chi connectivity index (χ3n) is 4.51. The molecule has 0 saturated heterocycles. The molecule has 0 spiro atoms. The van der Waals surface area contributed by atoms with E-state index in [0.717, 1.165) is 12.1 Å². The molecule has 3 aromatic rings. The van der Waals surface area contributed by atoms with E-state index in [1.807, 2.05) is 6.07 Å². The normalized spacial score (nSPS) is 11.6. The molecule has 0 aliphatic rings. The van der Waals surface area contributed by atoms with Crippen LogP contribution in [-0.4, -0.2) is 12.7 Å². The lowest BCUT2D eigenvalue weighted by molar-refractivity contribution is -0.137. The predicted molar refractivity (Wildman–Crippen MR) is 102 cm³/mol. The number of furan rings is 1. The highest BCUT2D eigenvalue weighted by molar-refractivity contribution is 5.64. The molecule has 0 saturated carbocycles. The Hall–Kier alpha value is -3.92. The summed E-state index contributed by atoms with van der Waals surface area (Å²) >= 11 is 0. The molecule has 0 aliphatic carbocycles. The first-order valence-corrected chi connectivity index (χ1v) is 9.01. The summed E-state index contributed by atoms with van der Waals surface area (Å²) in [5, 5.41) is 17.8. The highest BCUT2D eigenvalue weighted by Crippen LogP contribution is 2.36. The maximum atomic E-state index is 13.3. The number of halogens is 6. The van der Waals surface area contributed by atoms with Crippen molar-refractivity contribution in [3.8, 4) is 23.3 Å². The van der Waals surface area contributed by atoms with E-state index in [1.54, 1.807) is 24.3 Å². The van der Waals surface area contributed by atoms with Crippen LogP contribution in [0, 0.1) is 22.7 Å². The van der Waals surface area contributed by atoms with Gasteiger partial charge in [0.05, 0.1) is 41.6 Å². The first-order valence-electron chi connectivity index (χ1n) is 9.01. The molecule has 0 atom stereocenters. The van der Waals surface area contributed by atoms with Gasteiger partial charge in [0.25, 0.3) is 0 Å². The quantitative estimate of drug-likeness (QED) is 0.430. The SMILES string of the molecule is N#Cc1ccc(-c2coc(CN(CC(F)(F)F)c3ccc(C#N)c(C(F)(F)F)c3)c2)cc1. The number of anilines is 1. The van der Waals surface area contributed by atoms with Crippen LogP contribution in [0.15, 0.2) is 59.2 Å². The molecule has 0 fully saturated rings. The fourth-order valence-electron chi connectivity index (χ4n) is 3.06. The summed E-state index contributed by atoms with van der Waals surface area (Å²) in [4.78, 5) is 0.692. The molecule has 2 aromatic carbocycles. The van der Waals surface area contributed by atoms with Gasteiger partial charge < -0.3 is 9.32 Å². The van der Waals surface area contributed by atoms with Crippen LogP contribution in [0.25, 0.3) is 11.1 Å². The molecular formula is C22H13F6N3O. The summed E-state index contributed by atoms with van der Waals surface area (Å²) in [6.45, 7) is -1.98. The van der Waals surface area contributed by atoms with Gasteiger partial charge in [-0.2, -0.15) is 36.9 Å². The van der Waals surface area contributed by atoms with Crippen LogP contribution in [-0.2, 0) is 12.7 Å². The number of alkyl halides is 6. The van der Waals surface area contributed by atoms with Crippen molar-refractivity contribution in [3.05, 3.63) is 77.2 Å². The van der Waals surface area contributed by atoms with Crippen LogP contribution in [0.1, 0.15) is 22.5 Å². The van der Waals surface area contributed by atoms with Crippen molar-refractivity contribution in [2.75, 3.05) is 11.4 Å². The average Bonchev–Trinajstić information content (AvgIpc) is 3.20. The smallest absolute Gasteiger partial charge is 0.417 e. The molecule has 0 aliphatic heterocycles. The summed E-state index contributed by atoms with van der Waals surface area (Å²) in [6, 6.07) is 13.6. The number of nitriles is 2. The summed E-state index contributed by atoms with van der Waals surface area (Å²) < 4.78 is 84.5. The van der Waals surface area contributed by atoms with E-state index in [4.69, 9.17) is 14.9 Å². The zero-order valence-corrected chi connectivity index (χ0v) is 16.1. The highest BCUT2D eigenvalue weighted by atomic mass is 19.4. The lowest BCUT2D eigenvalue weighted by Crippen LogP contribution is -2.34. The summed E-state index contributed by atoms with van der Waals surface area (Å²) in [5.74, 6) is 0.0894. The number of hydrogen-bond donors (Lipinski definition) is 0. The number of nitrogens with zero attached hydrogens (tertiary/aromatic N) is 3. The third kappa shape index (κ3) is 5.41. The molecule has 4 nitrogen and oxygen atoms in total. The van der Waals surface area contributed by atoms with Crippen molar-refractivity contribution < 1.29 is 30.8 Å². The highest BCUT2D eigenvalue weighted by Gasteiger charge is 2.36. The first-order chi connectivity index (χ1) is 15.0. The monoisotopic (exact) mass is 449 g/mol. The summed E-state index contributed by atoms with van der Waals surface area (Å²) in [7, 11) is 0. The summed E-state index contributed by atoms with van der Waals surface area (Å²) in [5.41, 5.74) is -0.747. The van der Waals surface area contributed by atoms with E-state index in [-0.39, 0.29) is 11.4 Å². The molecule has 1 aromatic heterocycles. The zero-order chi connectivity index (χ0) is 23.5. The van der Waals surface area contributed by atoms with E-state index >= 15 is 0 Å². The fourth-order valence-corrected chi connectivity index (χ4v) is 3.06.